The van der Waals surface area contributed by atoms with Crippen LogP contribution in [0.2, 0.25) is 0 Å². The lowest BCUT2D eigenvalue weighted by atomic mass is 9.75. The van der Waals surface area contributed by atoms with Crippen LogP contribution in [0.3, 0.4) is 0 Å². The van der Waals surface area contributed by atoms with Crippen molar-refractivity contribution in [3.05, 3.63) is 54.5 Å². The minimum absolute atomic E-state index is 0.0508. The van der Waals surface area contributed by atoms with Gasteiger partial charge < -0.3 is 10.2 Å². The van der Waals surface area contributed by atoms with E-state index < -0.39 is 16.1 Å². The number of nitrogens with one attached hydrogen (secondary N) is 1. The van der Waals surface area contributed by atoms with Gasteiger partial charge in [-0.2, -0.15) is 26.0 Å². The molecule has 2 saturated carbocycles. The highest BCUT2D eigenvalue weighted by atomic mass is 32.3. The third-order valence-corrected chi connectivity index (χ3v) is 9.91. The predicted octanol–water partition coefficient (Wildman–Crippen LogP) is 4.35. The summed E-state index contributed by atoms with van der Waals surface area (Å²) in [7, 11) is -2.45. The molecule has 0 bridgehead atoms. The molecule has 3 N–H and O–H groups in total. The molecule has 10 nitrogen and oxygen atoms in total. The van der Waals surface area contributed by atoms with E-state index in [9.17, 15) is 19.2 Å². The molecule has 3 heterocycles. The van der Waals surface area contributed by atoms with Gasteiger partial charge in [0.15, 0.2) is 5.82 Å². The lowest BCUT2D eigenvalue weighted by Gasteiger charge is -2.41. The van der Waals surface area contributed by atoms with E-state index in [0.29, 0.717) is 43.3 Å². The molecule has 2 aromatic heterocycles. The van der Waals surface area contributed by atoms with Gasteiger partial charge >= 0.3 is 0 Å². The van der Waals surface area contributed by atoms with Gasteiger partial charge in [0, 0.05) is 48.6 Å². The third kappa shape index (κ3) is 5.37. The van der Waals surface area contributed by atoms with Gasteiger partial charge in [0.2, 0.25) is 5.91 Å². The number of benzene rings is 1. The van der Waals surface area contributed by atoms with Crippen LogP contribution in [0.1, 0.15) is 50.1 Å². The van der Waals surface area contributed by atoms with Crippen LogP contribution in [0.15, 0.2) is 48.8 Å². The number of carbonyl (C=O) groups is 1. The SMILES string of the molecule is N#CC1(NC(=O)[C@@H]2CCCC[C@H]2c2nn(-c3cccnn3)cc2-c2ccc(N3CCS(O)(O)CC3)cc2)CC1. The number of amides is 1. The summed E-state index contributed by atoms with van der Waals surface area (Å²) in [6.45, 7) is 1.22. The molecule has 204 valence electrons. The minimum atomic E-state index is -2.45. The van der Waals surface area contributed by atoms with E-state index in [1.54, 1.807) is 10.9 Å². The van der Waals surface area contributed by atoms with Gasteiger partial charge in [-0.25, -0.2) is 4.68 Å². The van der Waals surface area contributed by atoms with Gasteiger partial charge in [0.25, 0.3) is 0 Å². The summed E-state index contributed by atoms with van der Waals surface area (Å²) in [5, 5.41) is 25.8. The van der Waals surface area contributed by atoms with Crippen LogP contribution in [-0.2, 0) is 4.79 Å². The number of nitriles is 1. The van der Waals surface area contributed by atoms with Crippen molar-refractivity contribution in [2.75, 3.05) is 29.5 Å². The molecule has 3 fully saturated rings. The highest BCUT2D eigenvalue weighted by Crippen LogP contribution is 2.44. The molecule has 2 aliphatic carbocycles. The first-order valence-electron chi connectivity index (χ1n) is 13.6. The zero-order chi connectivity index (χ0) is 27.0. The Bertz CT molecular complexity index is 1370. The summed E-state index contributed by atoms with van der Waals surface area (Å²) >= 11 is 0. The topological polar surface area (TPSA) is 140 Å². The molecule has 0 spiro atoms. The Morgan fingerprint density at radius 3 is 2.51 bits per heavy atom. The van der Waals surface area contributed by atoms with E-state index in [1.807, 2.05) is 18.3 Å². The largest absolute Gasteiger partial charge is 0.368 e. The van der Waals surface area contributed by atoms with E-state index in [-0.39, 0.29) is 17.7 Å². The highest BCUT2D eigenvalue weighted by Gasteiger charge is 2.47. The number of hydrogen-bond donors (Lipinski definition) is 3. The van der Waals surface area contributed by atoms with Crippen LogP contribution in [-0.4, -0.2) is 65.1 Å². The van der Waals surface area contributed by atoms with Crippen LogP contribution in [0.25, 0.3) is 16.9 Å². The molecule has 1 aliphatic heterocycles. The average molecular weight is 548 g/mol. The van der Waals surface area contributed by atoms with Crippen molar-refractivity contribution in [1.29, 1.82) is 5.26 Å². The van der Waals surface area contributed by atoms with Gasteiger partial charge in [-0.05, 0) is 55.5 Å². The fourth-order valence-corrected chi connectivity index (χ4v) is 6.97. The van der Waals surface area contributed by atoms with Crippen molar-refractivity contribution in [3.63, 3.8) is 0 Å². The van der Waals surface area contributed by atoms with Crippen LogP contribution < -0.4 is 10.2 Å². The normalized spacial score (nSPS) is 24.4. The Hall–Kier alpha value is -3.46. The van der Waals surface area contributed by atoms with Gasteiger partial charge in [-0.15, -0.1) is 5.10 Å². The number of anilines is 1. The number of aromatic nitrogens is 4. The quantitative estimate of drug-likeness (QED) is 0.414. The Kier molecular flexibility index (Phi) is 6.79. The summed E-state index contributed by atoms with van der Waals surface area (Å²) in [6.07, 6.45) is 8.61. The first-order valence-corrected chi connectivity index (χ1v) is 15.4. The van der Waals surface area contributed by atoms with Gasteiger partial charge in [-0.1, -0.05) is 25.0 Å². The lowest BCUT2D eigenvalue weighted by Crippen LogP contribution is -2.42. The molecule has 6 rings (SSSR count). The van der Waals surface area contributed by atoms with Crippen molar-refractivity contribution in [2.24, 2.45) is 5.92 Å². The maximum absolute atomic E-state index is 13.4. The minimum Gasteiger partial charge on any atom is -0.368 e. The zero-order valence-corrected chi connectivity index (χ0v) is 22.6. The fourth-order valence-electron chi connectivity index (χ4n) is 5.74. The number of hydrogen-bond acceptors (Lipinski definition) is 8. The van der Waals surface area contributed by atoms with Crippen molar-refractivity contribution in [3.8, 4) is 23.0 Å². The van der Waals surface area contributed by atoms with Crippen molar-refractivity contribution in [2.45, 2.75) is 50.0 Å². The summed E-state index contributed by atoms with van der Waals surface area (Å²) in [6, 6.07) is 14.2. The van der Waals surface area contributed by atoms with E-state index in [1.165, 1.54) is 0 Å². The fraction of sp³-hybridized carbons (Fsp3) is 0.464. The maximum atomic E-state index is 13.4. The smallest absolute Gasteiger partial charge is 0.225 e. The molecule has 11 heteroatoms. The summed E-state index contributed by atoms with van der Waals surface area (Å²) in [5.74, 6) is 1.01. The Labute approximate surface area is 229 Å². The molecule has 2 atom stereocenters. The first-order chi connectivity index (χ1) is 18.9. The van der Waals surface area contributed by atoms with E-state index >= 15 is 0 Å². The van der Waals surface area contributed by atoms with Crippen molar-refractivity contribution in [1.82, 2.24) is 25.3 Å². The predicted molar refractivity (Wildman–Crippen MR) is 150 cm³/mol. The van der Waals surface area contributed by atoms with Gasteiger partial charge in [0.1, 0.15) is 5.54 Å². The monoisotopic (exact) mass is 547 g/mol. The lowest BCUT2D eigenvalue weighted by molar-refractivity contribution is -0.127. The molecule has 0 radical (unpaired) electrons. The molecule has 1 aromatic carbocycles. The van der Waals surface area contributed by atoms with E-state index in [0.717, 1.165) is 48.2 Å². The molecule has 1 amide bonds. The van der Waals surface area contributed by atoms with E-state index in [2.05, 4.69) is 50.7 Å². The molecule has 3 aliphatic rings. The molecule has 3 aromatic rings. The number of carbonyl (C=O) groups excluding carboxylic acids is 1. The molecule has 1 saturated heterocycles. The van der Waals surface area contributed by atoms with Crippen LogP contribution in [0.5, 0.6) is 0 Å². The highest BCUT2D eigenvalue weighted by molar-refractivity contribution is 8.24. The second-order valence-electron chi connectivity index (χ2n) is 10.9. The van der Waals surface area contributed by atoms with Gasteiger partial charge in [-0.3, -0.25) is 13.9 Å². The number of nitrogens with zero attached hydrogens (tertiary/aromatic N) is 6. The second-order valence-corrected chi connectivity index (χ2v) is 13.3. The zero-order valence-electron chi connectivity index (χ0n) is 21.7. The van der Waals surface area contributed by atoms with Crippen LogP contribution in [0, 0.1) is 17.2 Å². The Morgan fingerprint density at radius 2 is 1.85 bits per heavy atom. The Balaban J connectivity index is 1.33. The Morgan fingerprint density at radius 1 is 1.10 bits per heavy atom. The van der Waals surface area contributed by atoms with Crippen molar-refractivity contribution < 1.29 is 13.9 Å². The van der Waals surface area contributed by atoms with Crippen LogP contribution >= 0.6 is 10.6 Å². The molecular formula is C28H33N7O3S. The molecular weight excluding hydrogens is 514 g/mol. The van der Waals surface area contributed by atoms with E-state index in [4.69, 9.17) is 5.10 Å². The standard InChI is InChI=1S/C28H33N7O3S/c29-19-28(11-12-28)31-27(36)23-5-2-1-4-22(23)26-24(18-35(33-26)25-6-3-13-30-32-25)20-7-9-21(10-8-20)34-14-16-39(37,38)17-15-34/h3,6-10,13,18,22-23,37-38H,1-2,4-5,11-12,14-17H2,(H,31,36)/t22-,23-/m1/s1. The maximum Gasteiger partial charge on any atom is 0.225 e. The first kappa shape index (κ1) is 25.8. The average Bonchev–Trinajstić information content (AvgIpc) is 3.60. The summed E-state index contributed by atoms with van der Waals surface area (Å²) < 4.78 is 21.7. The number of rotatable bonds is 6. The molecule has 0 unspecified atom stereocenters. The van der Waals surface area contributed by atoms with Crippen LogP contribution in [0.4, 0.5) is 5.69 Å². The second kappa shape index (κ2) is 10.3. The summed E-state index contributed by atoms with van der Waals surface area (Å²) in [4.78, 5) is 15.6. The van der Waals surface area contributed by atoms with Gasteiger partial charge in [0.05, 0.1) is 23.3 Å². The summed E-state index contributed by atoms with van der Waals surface area (Å²) in [5.41, 5.74) is 3.15. The third-order valence-electron chi connectivity index (χ3n) is 8.24. The van der Waals surface area contributed by atoms with Crippen molar-refractivity contribution >= 4 is 22.2 Å². The molecule has 39 heavy (non-hydrogen) atoms.